The fourth-order valence-electron chi connectivity index (χ4n) is 2.98. The summed E-state index contributed by atoms with van der Waals surface area (Å²) in [6, 6.07) is 11.1. The molecule has 0 unspecified atom stereocenters. The number of carbonyl (C=O) groups excluding carboxylic acids is 1. The molecule has 0 saturated carbocycles. The van der Waals surface area contributed by atoms with Crippen LogP contribution in [0.5, 0.6) is 0 Å². The van der Waals surface area contributed by atoms with Crippen LogP contribution in [0.3, 0.4) is 0 Å². The number of ether oxygens (including phenoxy) is 1. The summed E-state index contributed by atoms with van der Waals surface area (Å²) in [5, 5.41) is 3.64. The lowest BCUT2D eigenvalue weighted by atomic mass is 9.84. The van der Waals surface area contributed by atoms with Crippen molar-refractivity contribution in [2.75, 3.05) is 13.1 Å². The van der Waals surface area contributed by atoms with Crippen molar-refractivity contribution < 1.29 is 9.53 Å². The molecule has 132 valence electrons. The highest BCUT2D eigenvalue weighted by atomic mass is 35.5. The lowest BCUT2D eigenvalue weighted by molar-refractivity contribution is -0.0378. The first-order valence-corrected chi connectivity index (χ1v) is 9.28. The molecular weight excluding hydrogens is 404 g/mol. The first-order chi connectivity index (χ1) is 11.9. The van der Waals surface area contributed by atoms with E-state index in [0.29, 0.717) is 12.8 Å². The van der Waals surface area contributed by atoms with E-state index in [0.717, 1.165) is 18.7 Å². The van der Waals surface area contributed by atoms with Gasteiger partial charge in [0.05, 0.1) is 25.7 Å². The highest BCUT2D eigenvalue weighted by Crippen LogP contribution is 2.41. The van der Waals surface area contributed by atoms with Crippen molar-refractivity contribution in [3.8, 4) is 0 Å². The smallest absolute Gasteiger partial charge is 0.340 e. The van der Waals surface area contributed by atoms with E-state index in [2.05, 4.69) is 5.32 Å². The molecule has 0 amide bonds. The van der Waals surface area contributed by atoms with Gasteiger partial charge in [0.25, 0.3) is 0 Å². The molecule has 1 aliphatic heterocycles. The van der Waals surface area contributed by atoms with E-state index >= 15 is 0 Å². The second kappa shape index (κ2) is 7.73. The number of piperidine rings is 1. The minimum Gasteiger partial charge on any atom is -0.450 e. The molecule has 0 aliphatic carbocycles. The quantitative estimate of drug-likeness (QED) is 0.392. The molecule has 3 rings (SSSR count). The van der Waals surface area contributed by atoms with Gasteiger partial charge < -0.3 is 10.1 Å². The summed E-state index contributed by atoms with van der Waals surface area (Å²) in [5.74, 6) is -0.573. The molecule has 0 spiro atoms. The molecule has 0 atom stereocenters. The molecule has 2 aromatic rings. The van der Waals surface area contributed by atoms with Crippen molar-refractivity contribution in [2.24, 2.45) is 0 Å². The number of esters is 1. The highest BCUT2D eigenvalue weighted by Gasteiger charge is 2.38. The molecule has 1 aliphatic rings. The predicted octanol–water partition coefficient (Wildman–Crippen LogP) is 5.74. The van der Waals surface area contributed by atoms with Gasteiger partial charge in [-0.2, -0.15) is 0 Å². The third kappa shape index (κ3) is 3.76. The second-order valence-electron chi connectivity index (χ2n) is 5.85. The molecule has 0 bridgehead atoms. The molecule has 0 radical (unpaired) electrons. The molecule has 7 heteroatoms. The van der Waals surface area contributed by atoms with Crippen molar-refractivity contribution in [1.82, 2.24) is 5.32 Å². The number of hydrogen-bond donors (Lipinski definition) is 1. The molecule has 1 fully saturated rings. The van der Waals surface area contributed by atoms with Crippen LogP contribution in [0.2, 0.25) is 20.1 Å². The average molecular weight is 419 g/mol. The minimum absolute atomic E-state index is 0.0400. The van der Waals surface area contributed by atoms with Crippen molar-refractivity contribution >= 4 is 52.4 Å². The molecule has 1 N–H and O–H groups in total. The van der Waals surface area contributed by atoms with Gasteiger partial charge in [-0.15, -0.1) is 0 Å². The Morgan fingerprint density at radius 2 is 1.60 bits per heavy atom. The zero-order chi connectivity index (χ0) is 18.0. The summed E-state index contributed by atoms with van der Waals surface area (Å²) in [4.78, 5) is 12.8. The third-order valence-corrected chi connectivity index (χ3v) is 6.07. The van der Waals surface area contributed by atoms with E-state index < -0.39 is 11.6 Å². The number of nitrogens with one attached hydrogen (secondary N) is 1. The van der Waals surface area contributed by atoms with Crippen molar-refractivity contribution in [3.63, 3.8) is 0 Å². The molecule has 25 heavy (non-hydrogen) atoms. The SMILES string of the molecule is O=C(OC1(c2ccccc2)CCNCC1)c1cc(Cl)c(Cl)c(Cl)c1Cl. The maximum Gasteiger partial charge on any atom is 0.340 e. The Balaban J connectivity index is 1.97. The summed E-state index contributed by atoms with van der Waals surface area (Å²) in [7, 11) is 0. The van der Waals surface area contributed by atoms with E-state index in [1.807, 2.05) is 30.3 Å². The third-order valence-electron chi connectivity index (χ3n) is 4.32. The van der Waals surface area contributed by atoms with Gasteiger partial charge in [0.2, 0.25) is 0 Å². The molecular formula is C18H15Cl4NO2. The van der Waals surface area contributed by atoms with Gasteiger partial charge in [0, 0.05) is 12.8 Å². The number of halogens is 4. The minimum atomic E-state index is -0.717. The summed E-state index contributed by atoms with van der Waals surface area (Å²) < 4.78 is 5.96. The van der Waals surface area contributed by atoms with E-state index in [1.165, 1.54) is 6.07 Å². The Hall–Kier alpha value is -0.970. The van der Waals surface area contributed by atoms with Crippen molar-refractivity contribution in [2.45, 2.75) is 18.4 Å². The van der Waals surface area contributed by atoms with Gasteiger partial charge >= 0.3 is 5.97 Å². The molecule has 1 saturated heterocycles. The summed E-state index contributed by atoms with van der Waals surface area (Å²) in [5.41, 5.74) is 0.341. The van der Waals surface area contributed by atoms with Crippen LogP contribution in [0.4, 0.5) is 0 Å². The van der Waals surface area contributed by atoms with Gasteiger partial charge in [-0.05, 0) is 24.7 Å². The monoisotopic (exact) mass is 417 g/mol. The number of benzene rings is 2. The maximum absolute atomic E-state index is 12.8. The largest absolute Gasteiger partial charge is 0.450 e. The van der Waals surface area contributed by atoms with Crippen molar-refractivity contribution in [1.29, 1.82) is 0 Å². The van der Waals surface area contributed by atoms with Crippen molar-refractivity contribution in [3.05, 3.63) is 67.6 Å². The van der Waals surface area contributed by atoms with Crippen LogP contribution in [-0.2, 0) is 10.3 Å². The molecule has 0 aromatic heterocycles. The Labute approximate surface area is 166 Å². The van der Waals surface area contributed by atoms with Crippen LogP contribution in [0, 0.1) is 0 Å². The Morgan fingerprint density at radius 1 is 0.960 bits per heavy atom. The van der Waals surface area contributed by atoms with Crippen LogP contribution in [0.15, 0.2) is 36.4 Å². The van der Waals surface area contributed by atoms with Gasteiger partial charge in [-0.1, -0.05) is 76.7 Å². The van der Waals surface area contributed by atoms with Crippen LogP contribution >= 0.6 is 46.4 Å². The maximum atomic E-state index is 12.8. The average Bonchev–Trinajstić information content (AvgIpc) is 2.64. The standard InChI is InChI=1S/C18H15Cl4NO2/c19-13-10-12(14(20)16(22)15(13)21)17(24)25-18(6-8-23-9-7-18)11-4-2-1-3-5-11/h1-5,10,23H,6-9H2. The van der Waals surface area contributed by atoms with E-state index in [1.54, 1.807) is 0 Å². The molecule has 1 heterocycles. The zero-order valence-electron chi connectivity index (χ0n) is 13.1. The molecule has 2 aromatic carbocycles. The lowest BCUT2D eigenvalue weighted by Crippen LogP contribution is -2.43. The second-order valence-corrected chi connectivity index (χ2v) is 7.39. The topological polar surface area (TPSA) is 38.3 Å². The van der Waals surface area contributed by atoms with Gasteiger partial charge in [-0.3, -0.25) is 0 Å². The first-order valence-electron chi connectivity index (χ1n) is 7.77. The zero-order valence-corrected chi connectivity index (χ0v) is 16.1. The molecule has 3 nitrogen and oxygen atoms in total. The fourth-order valence-corrected chi connectivity index (χ4v) is 3.86. The highest BCUT2D eigenvalue weighted by molar-refractivity contribution is 6.52. The first kappa shape index (κ1) is 18.8. The van der Waals surface area contributed by atoms with Gasteiger partial charge in [0.1, 0.15) is 5.60 Å². The Kier molecular flexibility index (Phi) is 5.81. The van der Waals surface area contributed by atoms with Crippen LogP contribution < -0.4 is 5.32 Å². The predicted molar refractivity (Wildman–Crippen MR) is 102 cm³/mol. The normalized spacial score (nSPS) is 16.5. The van der Waals surface area contributed by atoms with Crippen LogP contribution in [-0.4, -0.2) is 19.1 Å². The number of rotatable bonds is 3. The summed E-state index contributed by atoms with van der Waals surface area (Å²) in [6.45, 7) is 1.50. The van der Waals surface area contributed by atoms with Crippen LogP contribution in [0.25, 0.3) is 0 Å². The number of hydrogen-bond acceptors (Lipinski definition) is 3. The summed E-state index contributed by atoms with van der Waals surface area (Å²) in [6.07, 6.45) is 1.32. The Bertz CT molecular complexity index is 789. The fraction of sp³-hybridized carbons (Fsp3) is 0.278. The summed E-state index contributed by atoms with van der Waals surface area (Å²) >= 11 is 24.2. The van der Waals surface area contributed by atoms with E-state index in [-0.39, 0.29) is 25.7 Å². The van der Waals surface area contributed by atoms with Gasteiger partial charge in [0.15, 0.2) is 0 Å². The lowest BCUT2D eigenvalue weighted by Gasteiger charge is -2.37. The number of carbonyl (C=O) groups is 1. The van der Waals surface area contributed by atoms with Gasteiger partial charge in [-0.25, -0.2) is 4.79 Å². The van der Waals surface area contributed by atoms with E-state index in [4.69, 9.17) is 51.1 Å². The Morgan fingerprint density at radius 3 is 2.24 bits per heavy atom. The van der Waals surface area contributed by atoms with E-state index in [9.17, 15) is 4.79 Å². The van der Waals surface area contributed by atoms with Crippen LogP contribution in [0.1, 0.15) is 28.8 Å².